The molecular weight excluding hydrogens is 324 g/mol. The van der Waals surface area contributed by atoms with Crippen LogP contribution in [0, 0.1) is 0 Å². The zero-order chi connectivity index (χ0) is 16.8. The van der Waals surface area contributed by atoms with E-state index in [0.717, 1.165) is 18.2 Å². The third-order valence-corrected chi connectivity index (χ3v) is 5.71. The second-order valence-corrected chi connectivity index (χ2v) is 9.51. The maximum Gasteiger partial charge on any atom is 0.309 e. The fraction of sp³-hybridized carbons (Fsp3) is 0.600. The van der Waals surface area contributed by atoms with Crippen molar-refractivity contribution in [1.82, 2.24) is 0 Å². The Morgan fingerprint density at radius 1 is 1.00 bits per heavy atom. The summed E-state index contributed by atoms with van der Waals surface area (Å²) in [5.41, 5.74) is 1.14. The summed E-state index contributed by atoms with van der Waals surface area (Å²) >= 11 is 0. The molecule has 0 amide bonds. The van der Waals surface area contributed by atoms with E-state index in [-0.39, 0.29) is 23.7 Å². The van der Waals surface area contributed by atoms with E-state index in [9.17, 15) is 16.8 Å². The average molecular weight is 348 g/mol. The Bertz CT molecular complexity index is 660. The summed E-state index contributed by atoms with van der Waals surface area (Å²) in [6.45, 7) is 4.20. The van der Waals surface area contributed by atoms with Crippen molar-refractivity contribution in [2.24, 2.45) is 0 Å². The number of hydrogen-bond acceptors (Lipinski definition) is 5. The summed E-state index contributed by atoms with van der Waals surface area (Å²) in [5, 5.41) is 0. The predicted molar refractivity (Wildman–Crippen MR) is 88.5 cm³/mol. The van der Waals surface area contributed by atoms with Crippen LogP contribution in [0.5, 0.6) is 5.75 Å². The highest BCUT2D eigenvalue weighted by Crippen LogP contribution is 2.22. The lowest BCUT2D eigenvalue weighted by atomic mass is 9.99. The zero-order valence-corrected chi connectivity index (χ0v) is 14.9. The molecule has 7 heteroatoms. The minimum absolute atomic E-state index is 0.00781. The molecule has 0 fully saturated rings. The van der Waals surface area contributed by atoms with Crippen molar-refractivity contribution < 1.29 is 21.0 Å². The van der Waals surface area contributed by atoms with Crippen molar-refractivity contribution >= 4 is 20.0 Å². The van der Waals surface area contributed by atoms with E-state index in [2.05, 4.69) is 13.8 Å². The molecule has 0 saturated carbocycles. The quantitative estimate of drug-likeness (QED) is 0.506. The van der Waals surface area contributed by atoms with Crippen LogP contribution in [0.1, 0.15) is 44.6 Å². The third kappa shape index (κ3) is 7.26. The Morgan fingerprint density at radius 3 is 2.05 bits per heavy atom. The molecule has 1 unspecified atom stereocenters. The first-order valence-corrected chi connectivity index (χ1v) is 11.0. The fourth-order valence-electron chi connectivity index (χ4n) is 1.92. The molecule has 0 saturated heterocycles. The molecule has 0 heterocycles. The van der Waals surface area contributed by atoms with Gasteiger partial charge in [0.1, 0.15) is 15.6 Å². The van der Waals surface area contributed by atoms with Gasteiger partial charge in [-0.3, -0.25) is 0 Å². The van der Waals surface area contributed by atoms with Gasteiger partial charge in [-0.15, -0.1) is 0 Å². The summed E-state index contributed by atoms with van der Waals surface area (Å²) in [4.78, 5) is 0. The van der Waals surface area contributed by atoms with Gasteiger partial charge in [-0.2, -0.15) is 8.42 Å². The highest BCUT2D eigenvalue weighted by atomic mass is 32.2. The SMILES string of the molecule is CCC(C)c1ccc(OS(=O)(=O)CCCCS(C)(=O)=O)cc1. The monoisotopic (exact) mass is 348 g/mol. The lowest BCUT2D eigenvalue weighted by Gasteiger charge is -2.10. The maximum atomic E-state index is 11.8. The first-order valence-electron chi connectivity index (χ1n) is 7.33. The Morgan fingerprint density at radius 2 is 1.55 bits per heavy atom. The predicted octanol–water partition coefficient (Wildman–Crippen LogP) is 2.73. The molecule has 0 N–H and O–H groups in total. The van der Waals surface area contributed by atoms with Gasteiger partial charge in [0.05, 0.1) is 5.75 Å². The molecule has 0 radical (unpaired) electrons. The van der Waals surface area contributed by atoms with E-state index in [1.54, 1.807) is 12.1 Å². The topological polar surface area (TPSA) is 77.5 Å². The molecule has 1 atom stereocenters. The van der Waals surface area contributed by atoms with Gasteiger partial charge in [-0.25, -0.2) is 8.42 Å². The van der Waals surface area contributed by atoms with Crippen molar-refractivity contribution in [3.05, 3.63) is 29.8 Å². The summed E-state index contributed by atoms with van der Waals surface area (Å²) in [6, 6.07) is 7.02. The number of benzene rings is 1. The van der Waals surface area contributed by atoms with Gasteiger partial charge in [0.2, 0.25) is 0 Å². The van der Waals surface area contributed by atoms with E-state index in [1.165, 1.54) is 0 Å². The lowest BCUT2D eigenvalue weighted by Crippen LogP contribution is -2.15. The Hall–Kier alpha value is -1.08. The van der Waals surface area contributed by atoms with Crippen LogP contribution in [0.15, 0.2) is 24.3 Å². The van der Waals surface area contributed by atoms with Gasteiger partial charge in [-0.1, -0.05) is 26.0 Å². The normalized spacial score (nSPS) is 13.8. The minimum atomic E-state index is -3.69. The van der Waals surface area contributed by atoms with Crippen LogP contribution >= 0.6 is 0 Å². The van der Waals surface area contributed by atoms with Crippen molar-refractivity contribution in [3.63, 3.8) is 0 Å². The Kier molecular flexibility index (Phi) is 6.87. The number of unbranched alkanes of at least 4 members (excludes halogenated alkanes) is 1. The summed E-state index contributed by atoms with van der Waals surface area (Å²) in [6.07, 6.45) is 2.73. The highest BCUT2D eigenvalue weighted by Gasteiger charge is 2.14. The van der Waals surface area contributed by atoms with Crippen molar-refractivity contribution in [2.75, 3.05) is 17.8 Å². The molecular formula is C15H24O5S2. The van der Waals surface area contributed by atoms with Gasteiger partial charge < -0.3 is 4.18 Å². The molecule has 5 nitrogen and oxygen atoms in total. The fourth-order valence-corrected chi connectivity index (χ4v) is 3.69. The van der Waals surface area contributed by atoms with Crippen LogP contribution in [-0.4, -0.2) is 34.6 Å². The van der Waals surface area contributed by atoms with Crippen molar-refractivity contribution in [1.29, 1.82) is 0 Å². The van der Waals surface area contributed by atoms with Crippen molar-refractivity contribution in [3.8, 4) is 5.75 Å². The first-order chi connectivity index (χ1) is 10.1. The smallest absolute Gasteiger partial charge is 0.309 e. The number of rotatable bonds is 9. The van der Waals surface area contributed by atoms with Gasteiger partial charge in [0.25, 0.3) is 0 Å². The van der Waals surface area contributed by atoms with E-state index in [4.69, 9.17) is 4.18 Å². The standard InChI is InChI=1S/C15H24O5S2/c1-4-13(2)14-7-9-15(10-8-14)20-22(18,19)12-6-5-11-21(3,16)17/h7-10,13H,4-6,11-12H2,1-3H3. The molecule has 0 aliphatic rings. The Balaban J connectivity index is 2.54. The first kappa shape index (κ1) is 19.0. The molecule has 0 aliphatic heterocycles. The van der Waals surface area contributed by atoms with Gasteiger partial charge in [0.15, 0.2) is 0 Å². The van der Waals surface area contributed by atoms with E-state index in [1.807, 2.05) is 12.1 Å². The van der Waals surface area contributed by atoms with E-state index >= 15 is 0 Å². The van der Waals surface area contributed by atoms with Gasteiger partial charge >= 0.3 is 10.1 Å². The molecule has 1 rings (SSSR count). The van der Waals surface area contributed by atoms with Crippen LogP contribution in [0.25, 0.3) is 0 Å². The van der Waals surface area contributed by atoms with Crippen LogP contribution in [0.3, 0.4) is 0 Å². The summed E-state index contributed by atoms with van der Waals surface area (Å²) in [5.74, 6) is 0.513. The van der Waals surface area contributed by atoms with E-state index in [0.29, 0.717) is 12.3 Å². The second-order valence-electron chi connectivity index (χ2n) is 5.56. The molecule has 126 valence electrons. The minimum Gasteiger partial charge on any atom is -0.382 e. The second kappa shape index (κ2) is 7.97. The molecule has 0 bridgehead atoms. The molecule has 1 aromatic carbocycles. The number of hydrogen-bond donors (Lipinski definition) is 0. The lowest BCUT2D eigenvalue weighted by molar-refractivity contribution is 0.483. The van der Waals surface area contributed by atoms with Crippen LogP contribution in [0.2, 0.25) is 0 Å². The largest absolute Gasteiger partial charge is 0.382 e. The molecule has 0 aliphatic carbocycles. The van der Waals surface area contributed by atoms with Gasteiger partial charge in [-0.05, 0) is 42.9 Å². The van der Waals surface area contributed by atoms with Crippen LogP contribution < -0.4 is 4.18 Å². The average Bonchev–Trinajstić information content (AvgIpc) is 2.42. The molecule has 22 heavy (non-hydrogen) atoms. The molecule has 0 aromatic heterocycles. The summed E-state index contributed by atoms with van der Waals surface area (Å²) < 4.78 is 50.6. The van der Waals surface area contributed by atoms with E-state index < -0.39 is 20.0 Å². The molecule has 1 aromatic rings. The van der Waals surface area contributed by atoms with Crippen LogP contribution in [0.4, 0.5) is 0 Å². The van der Waals surface area contributed by atoms with Gasteiger partial charge in [0, 0.05) is 12.0 Å². The Labute approximate surface area is 133 Å². The maximum absolute atomic E-state index is 11.8. The number of sulfone groups is 1. The molecule has 0 spiro atoms. The third-order valence-electron chi connectivity index (χ3n) is 3.44. The van der Waals surface area contributed by atoms with Crippen LogP contribution in [-0.2, 0) is 20.0 Å². The summed E-state index contributed by atoms with van der Waals surface area (Å²) in [7, 11) is -6.74. The highest BCUT2D eigenvalue weighted by molar-refractivity contribution is 7.90. The van der Waals surface area contributed by atoms with Crippen molar-refractivity contribution in [2.45, 2.75) is 39.0 Å². The zero-order valence-electron chi connectivity index (χ0n) is 13.3.